The number of primary amides is 1. The van der Waals surface area contributed by atoms with Gasteiger partial charge in [0, 0.05) is 0 Å². The van der Waals surface area contributed by atoms with E-state index in [1.54, 1.807) is 60.7 Å². The molecule has 0 fully saturated rings. The number of hydrogen-bond acceptors (Lipinski definition) is 3. The molecule has 0 saturated heterocycles. The molecule has 1 aliphatic rings. The predicted molar refractivity (Wildman–Crippen MR) is 106 cm³/mol. The second kappa shape index (κ2) is 7.22. The molecule has 0 radical (unpaired) electrons. The average molecular weight is 411 g/mol. The summed E-state index contributed by atoms with van der Waals surface area (Å²) in [6, 6.07) is 17.6. The molecular formula is C22H16F3N3O2. The van der Waals surface area contributed by atoms with Crippen LogP contribution < -0.4 is 16.4 Å². The summed E-state index contributed by atoms with van der Waals surface area (Å²) in [6.45, 7) is 0. The lowest BCUT2D eigenvalue weighted by atomic mass is 9.88. The minimum atomic E-state index is -4.85. The van der Waals surface area contributed by atoms with Crippen molar-refractivity contribution in [2.24, 2.45) is 5.73 Å². The Morgan fingerprint density at radius 3 is 2.10 bits per heavy atom. The molecule has 152 valence electrons. The SMILES string of the molecule is NC(=O)c1c(C(F)(F)F)cc(-c2ccccc2)c2c1NC(c1ccccc1)NC2=O. The van der Waals surface area contributed by atoms with Crippen molar-refractivity contribution in [3.63, 3.8) is 0 Å². The first kappa shape index (κ1) is 19.5. The molecular weight excluding hydrogens is 395 g/mol. The molecule has 0 aromatic heterocycles. The Balaban J connectivity index is 2.02. The van der Waals surface area contributed by atoms with Crippen LogP contribution >= 0.6 is 0 Å². The Hall–Kier alpha value is -3.81. The monoisotopic (exact) mass is 411 g/mol. The number of rotatable bonds is 3. The molecule has 5 nitrogen and oxygen atoms in total. The van der Waals surface area contributed by atoms with Gasteiger partial charge in [0.2, 0.25) is 0 Å². The average Bonchev–Trinajstić information content (AvgIpc) is 2.72. The highest BCUT2D eigenvalue weighted by molar-refractivity contribution is 6.14. The second-order valence-electron chi connectivity index (χ2n) is 6.79. The van der Waals surface area contributed by atoms with Gasteiger partial charge in [-0.3, -0.25) is 9.59 Å². The van der Waals surface area contributed by atoms with Gasteiger partial charge in [0.15, 0.2) is 0 Å². The van der Waals surface area contributed by atoms with Crippen LogP contribution in [0.4, 0.5) is 18.9 Å². The number of carbonyl (C=O) groups excluding carboxylic acids is 2. The highest BCUT2D eigenvalue weighted by atomic mass is 19.4. The number of amides is 2. The molecule has 1 unspecified atom stereocenters. The fourth-order valence-corrected chi connectivity index (χ4v) is 3.58. The van der Waals surface area contributed by atoms with Gasteiger partial charge in [-0.2, -0.15) is 13.2 Å². The van der Waals surface area contributed by atoms with Crippen molar-refractivity contribution in [1.29, 1.82) is 0 Å². The molecule has 3 aromatic carbocycles. The van der Waals surface area contributed by atoms with Crippen LogP contribution in [0.25, 0.3) is 11.1 Å². The minimum absolute atomic E-state index is 0.0550. The molecule has 1 heterocycles. The number of nitrogens with two attached hydrogens (primary N) is 1. The summed E-state index contributed by atoms with van der Waals surface area (Å²) in [5, 5.41) is 5.62. The summed E-state index contributed by atoms with van der Waals surface area (Å²) in [4.78, 5) is 25.1. The van der Waals surface area contributed by atoms with Crippen LogP contribution in [-0.2, 0) is 6.18 Å². The fourth-order valence-electron chi connectivity index (χ4n) is 3.58. The zero-order valence-corrected chi connectivity index (χ0v) is 15.5. The van der Waals surface area contributed by atoms with Gasteiger partial charge in [0.05, 0.1) is 22.4 Å². The zero-order chi connectivity index (χ0) is 21.5. The van der Waals surface area contributed by atoms with Gasteiger partial charge in [-0.15, -0.1) is 0 Å². The molecule has 0 saturated carbocycles. The Bertz CT molecular complexity index is 1130. The summed E-state index contributed by atoms with van der Waals surface area (Å²) in [5.41, 5.74) is 4.18. The third-order valence-electron chi connectivity index (χ3n) is 4.89. The molecule has 4 N–H and O–H groups in total. The first-order valence-corrected chi connectivity index (χ1v) is 9.03. The van der Waals surface area contributed by atoms with Crippen molar-refractivity contribution < 1.29 is 22.8 Å². The maximum atomic E-state index is 13.9. The molecule has 1 aliphatic heterocycles. The number of nitrogens with one attached hydrogen (secondary N) is 2. The molecule has 3 aromatic rings. The summed E-state index contributed by atoms with van der Waals surface area (Å²) in [7, 11) is 0. The van der Waals surface area contributed by atoms with Crippen LogP contribution in [0.1, 0.15) is 38.0 Å². The molecule has 1 atom stereocenters. The minimum Gasteiger partial charge on any atom is -0.366 e. The smallest absolute Gasteiger partial charge is 0.366 e. The van der Waals surface area contributed by atoms with Crippen LogP contribution in [0, 0.1) is 0 Å². The molecule has 2 amide bonds. The van der Waals surface area contributed by atoms with Gasteiger partial charge < -0.3 is 16.4 Å². The highest BCUT2D eigenvalue weighted by Crippen LogP contribution is 2.43. The maximum absolute atomic E-state index is 13.9. The number of hydrogen-bond donors (Lipinski definition) is 3. The topological polar surface area (TPSA) is 84.2 Å². The maximum Gasteiger partial charge on any atom is 0.417 e. The molecule has 0 bridgehead atoms. The predicted octanol–water partition coefficient (Wildman–Crippen LogP) is 4.33. The van der Waals surface area contributed by atoms with Crippen molar-refractivity contribution in [2.45, 2.75) is 12.3 Å². The Kier molecular flexibility index (Phi) is 4.69. The van der Waals surface area contributed by atoms with E-state index >= 15 is 0 Å². The molecule has 30 heavy (non-hydrogen) atoms. The van der Waals surface area contributed by atoms with Gasteiger partial charge in [-0.1, -0.05) is 60.7 Å². The third kappa shape index (κ3) is 3.36. The van der Waals surface area contributed by atoms with Crippen LogP contribution in [0.2, 0.25) is 0 Å². The van der Waals surface area contributed by atoms with Crippen molar-refractivity contribution in [3.8, 4) is 11.1 Å². The lowest BCUT2D eigenvalue weighted by Crippen LogP contribution is -2.40. The van der Waals surface area contributed by atoms with E-state index in [0.29, 0.717) is 11.1 Å². The van der Waals surface area contributed by atoms with Crippen LogP contribution in [0.3, 0.4) is 0 Å². The van der Waals surface area contributed by atoms with E-state index in [0.717, 1.165) is 6.07 Å². The van der Waals surface area contributed by atoms with E-state index in [9.17, 15) is 22.8 Å². The second-order valence-corrected chi connectivity index (χ2v) is 6.79. The van der Waals surface area contributed by atoms with E-state index in [1.165, 1.54) is 0 Å². The van der Waals surface area contributed by atoms with Gasteiger partial charge in [0.25, 0.3) is 11.8 Å². The normalized spacial score (nSPS) is 15.7. The molecule has 0 spiro atoms. The largest absolute Gasteiger partial charge is 0.417 e. The quantitative estimate of drug-likeness (QED) is 0.600. The summed E-state index contributed by atoms with van der Waals surface area (Å²) in [5.74, 6) is -1.88. The Labute approximate surface area is 169 Å². The summed E-state index contributed by atoms with van der Waals surface area (Å²) < 4.78 is 41.6. The molecule has 8 heteroatoms. The van der Waals surface area contributed by atoms with Crippen LogP contribution in [0.15, 0.2) is 66.7 Å². The third-order valence-corrected chi connectivity index (χ3v) is 4.89. The van der Waals surface area contributed by atoms with Gasteiger partial charge in [-0.05, 0) is 22.8 Å². The van der Waals surface area contributed by atoms with Crippen molar-refractivity contribution in [3.05, 3.63) is 89.0 Å². The van der Waals surface area contributed by atoms with Crippen molar-refractivity contribution in [2.75, 3.05) is 5.32 Å². The number of carbonyl (C=O) groups is 2. The zero-order valence-electron chi connectivity index (χ0n) is 15.5. The van der Waals surface area contributed by atoms with Crippen LogP contribution in [-0.4, -0.2) is 11.8 Å². The number of halogens is 3. The highest BCUT2D eigenvalue weighted by Gasteiger charge is 2.41. The number of alkyl halides is 3. The van der Waals surface area contributed by atoms with Crippen LogP contribution in [0.5, 0.6) is 0 Å². The van der Waals surface area contributed by atoms with Crippen molar-refractivity contribution in [1.82, 2.24) is 5.32 Å². The number of benzene rings is 3. The van der Waals surface area contributed by atoms with Gasteiger partial charge in [-0.25, -0.2) is 0 Å². The lowest BCUT2D eigenvalue weighted by molar-refractivity contribution is -0.137. The van der Waals surface area contributed by atoms with E-state index in [1.807, 2.05) is 0 Å². The van der Waals surface area contributed by atoms with E-state index in [4.69, 9.17) is 5.73 Å². The van der Waals surface area contributed by atoms with E-state index < -0.39 is 35.3 Å². The van der Waals surface area contributed by atoms with E-state index in [2.05, 4.69) is 10.6 Å². The van der Waals surface area contributed by atoms with Gasteiger partial charge in [0.1, 0.15) is 6.17 Å². The standard InChI is InChI=1S/C22H16F3N3O2/c23-22(24,25)15-11-14(12-7-3-1-4-8-12)16-18(17(15)19(26)29)27-20(28-21(16)30)13-9-5-2-6-10-13/h1-11,20,27H,(H2,26,29)(H,28,30). The summed E-state index contributed by atoms with van der Waals surface area (Å²) in [6.07, 6.45) is -5.67. The Morgan fingerprint density at radius 2 is 1.53 bits per heavy atom. The lowest BCUT2D eigenvalue weighted by Gasteiger charge is -2.32. The first-order valence-electron chi connectivity index (χ1n) is 9.03. The summed E-state index contributed by atoms with van der Waals surface area (Å²) >= 11 is 0. The van der Waals surface area contributed by atoms with Gasteiger partial charge >= 0.3 is 6.18 Å². The van der Waals surface area contributed by atoms with Crippen molar-refractivity contribution >= 4 is 17.5 Å². The Morgan fingerprint density at radius 1 is 0.933 bits per heavy atom. The molecule has 0 aliphatic carbocycles. The number of fused-ring (bicyclic) bond motifs is 1. The first-order chi connectivity index (χ1) is 14.3. The van der Waals surface area contributed by atoms with E-state index in [-0.39, 0.29) is 16.8 Å². The number of anilines is 1. The molecule has 4 rings (SSSR count). The fraction of sp³-hybridized carbons (Fsp3) is 0.0909.